The van der Waals surface area contributed by atoms with E-state index in [1.807, 2.05) is 44.8 Å². The van der Waals surface area contributed by atoms with Gasteiger partial charge in [0.1, 0.15) is 35.2 Å². The SMILES string of the molecule is CC[C@H]1OC(=O)[C@H](C)[C@@H](O[C@H]2C[C@@](C)(OC)[C@@H](OC(=O)NCc3cn(Cc4ccc([N+](=O)[O-])cc4)nn3)[C@H](C)O2)[C@H](C)[C@@H](O[C@@H]2O[C@H](C)C[C@H](N(C)C)[C@H]2O)[C@](C)(O)C[C@@H](C)CN(C)[C@H](C)[C@@H](O)[C@]1(C)O. The smallest absolute Gasteiger partial charge is 0.407 e. The highest BCUT2D eigenvalue weighted by Gasteiger charge is 2.54. The minimum Gasteiger partial charge on any atom is -0.459 e. The summed E-state index contributed by atoms with van der Waals surface area (Å²) in [6, 6.07) is 5.15. The Kier molecular flexibility index (Phi) is 19.5. The Hall–Kier alpha value is -3.94. The standard InChI is InChI=1S/C49H81N7O15/c1-15-37-49(10,62)41(58)31(6)54(13)24-27(2)21-47(8,61)42(70-45-39(57)36(53(11)12)20-28(3)66-45)29(4)40(30(5)44(59)68-37)69-38-22-48(9,65-14)43(32(7)67-38)71-46(60)50-23-34-26-55(52-51-34)25-33-16-18-35(19-17-33)56(63)64/h16-19,26-32,36-43,45,57-58,61-62H,15,20-25H2,1-14H3,(H,50,60)/t27-,28-,29+,30-,31-,32+,36+,37-,38+,39-,40+,41-,42-,43+,45+,47-,48-,49-/m1/s1. The van der Waals surface area contributed by atoms with Gasteiger partial charge in [0, 0.05) is 50.2 Å². The molecule has 402 valence electrons. The van der Waals surface area contributed by atoms with Crippen LogP contribution in [0.15, 0.2) is 30.5 Å². The number of aliphatic hydroxyl groups is 4. The van der Waals surface area contributed by atoms with Gasteiger partial charge < -0.3 is 68.7 Å². The van der Waals surface area contributed by atoms with Gasteiger partial charge in [-0.25, -0.2) is 9.48 Å². The van der Waals surface area contributed by atoms with Gasteiger partial charge in [-0.2, -0.15) is 0 Å². The first kappa shape index (κ1) is 58.0. The van der Waals surface area contributed by atoms with Crippen molar-refractivity contribution in [3.63, 3.8) is 0 Å². The molecule has 71 heavy (non-hydrogen) atoms. The third kappa shape index (κ3) is 14.0. The third-order valence-electron chi connectivity index (χ3n) is 14.9. The van der Waals surface area contributed by atoms with Gasteiger partial charge in [-0.15, -0.1) is 5.10 Å². The molecule has 4 heterocycles. The number of aromatic nitrogens is 3. The number of likely N-dealkylation sites (N-methyl/N-ethyl adjacent to an activating group) is 2. The van der Waals surface area contributed by atoms with Gasteiger partial charge in [0.15, 0.2) is 18.7 Å². The number of aliphatic hydroxyl groups excluding tert-OH is 2. The minimum absolute atomic E-state index is 0.00187. The Bertz CT molecular complexity index is 2060. The number of carbonyl (C=O) groups is 2. The lowest BCUT2D eigenvalue weighted by atomic mass is 9.77. The Morgan fingerprint density at radius 2 is 1.68 bits per heavy atom. The second-order valence-electron chi connectivity index (χ2n) is 21.2. The summed E-state index contributed by atoms with van der Waals surface area (Å²) >= 11 is 0. The lowest BCUT2D eigenvalue weighted by Gasteiger charge is -2.49. The summed E-state index contributed by atoms with van der Waals surface area (Å²) in [6.07, 6.45) is -8.50. The monoisotopic (exact) mass is 1010 g/mol. The number of amides is 1. The lowest BCUT2D eigenvalue weighted by Crippen LogP contribution is -2.61. The number of non-ortho nitro benzene ring substituents is 1. The number of ether oxygens (including phenoxy) is 7. The Balaban J connectivity index is 1.41. The van der Waals surface area contributed by atoms with Crippen molar-refractivity contribution < 1.29 is 68.1 Å². The number of cyclic esters (lactones) is 1. The van der Waals surface area contributed by atoms with Crippen molar-refractivity contribution >= 4 is 17.7 Å². The number of nitrogens with one attached hydrogen (secondary N) is 1. The van der Waals surface area contributed by atoms with Crippen LogP contribution in [-0.2, 0) is 51.0 Å². The predicted octanol–water partition coefficient (Wildman–Crippen LogP) is 3.38. The van der Waals surface area contributed by atoms with Crippen LogP contribution in [0.1, 0.15) is 106 Å². The highest BCUT2D eigenvalue weighted by Crippen LogP contribution is 2.41. The fraction of sp³-hybridized carbons (Fsp3) is 0.796. The number of carbonyl (C=O) groups excluding carboxylic acids is 2. The minimum atomic E-state index is -1.87. The van der Waals surface area contributed by atoms with Gasteiger partial charge in [0.05, 0.1) is 60.1 Å². The van der Waals surface area contributed by atoms with Gasteiger partial charge in [0.2, 0.25) is 0 Å². The second kappa shape index (κ2) is 23.9. The molecule has 3 fully saturated rings. The van der Waals surface area contributed by atoms with Crippen molar-refractivity contribution in [1.29, 1.82) is 0 Å². The maximum absolute atomic E-state index is 14.5. The van der Waals surface area contributed by atoms with E-state index in [1.165, 1.54) is 30.8 Å². The zero-order chi connectivity index (χ0) is 52.9. The maximum atomic E-state index is 14.5. The molecule has 3 aliphatic rings. The van der Waals surface area contributed by atoms with Crippen LogP contribution in [0.25, 0.3) is 0 Å². The topological polar surface area (TPSA) is 272 Å². The Morgan fingerprint density at radius 1 is 1.01 bits per heavy atom. The first-order chi connectivity index (χ1) is 33.1. The van der Waals surface area contributed by atoms with Crippen LogP contribution in [0.5, 0.6) is 0 Å². The lowest BCUT2D eigenvalue weighted by molar-refractivity contribution is -0.384. The van der Waals surface area contributed by atoms with Crippen LogP contribution in [0, 0.1) is 27.9 Å². The molecule has 22 heteroatoms. The number of nitrogens with zero attached hydrogens (tertiary/aromatic N) is 6. The van der Waals surface area contributed by atoms with Gasteiger partial charge >= 0.3 is 12.1 Å². The number of methoxy groups -OCH3 is 1. The molecule has 1 amide bonds. The van der Waals surface area contributed by atoms with Crippen molar-refractivity contribution in [2.75, 3.05) is 34.8 Å². The first-order valence-electron chi connectivity index (χ1n) is 24.7. The van der Waals surface area contributed by atoms with E-state index in [0.29, 0.717) is 25.2 Å². The zero-order valence-corrected chi connectivity index (χ0v) is 44.0. The molecule has 0 unspecified atom stereocenters. The molecule has 0 saturated carbocycles. The molecular weight excluding hydrogens is 927 g/mol. The highest BCUT2D eigenvalue weighted by molar-refractivity contribution is 5.73. The number of rotatable bonds is 13. The van der Waals surface area contributed by atoms with Crippen LogP contribution in [0.2, 0.25) is 0 Å². The van der Waals surface area contributed by atoms with Crippen molar-refractivity contribution in [2.24, 2.45) is 17.8 Å². The number of hydrogen-bond donors (Lipinski definition) is 5. The Labute approximate surface area is 417 Å². The molecule has 3 saturated heterocycles. The molecule has 18 atom stereocenters. The number of nitro benzene ring substituents is 1. The van der Waals surface area contributed by atoms with E-state index >= 15 is 0 Å². The van der Waals surface area contributed by atoms with Crippen molar-refractivity contribution in [3.8, 4) is 0 Å². The third-order valence-corrected chi connectivity index (χ3v) is 14.9. The molecule has 2 aromatic rings. The van der Waals surface area contributed by atoms with Crippen LogP contribution >= 0.6 is 0 Å². The van der Waals surface area contributed by atoms with E-state index < -0.39 is 107 Å². The van der Waals surface area contributed by atoms with Crippen LogP contribution in [0.3, 0.4) is 0 Å². The average molecular weight is 1010 g/mol. The van der Waals surface area contributed by atoms with Crippen LogP contribution in [-0.4, -0.2) is 187 Å². The van der Waals surface area contributed by atoms with E-state index in [-0.39, 0.29) is 49.6 Å². The summed E-state index contributed by atoms with van der Waals surface area (Å²) in [5.74, 6) is -2.91. The first-order valence-corrected chi connectivity index (χ1v) is 24.7. The summed E-state index contributed by atoms with van der Waals surface area (Å²) < 4.78 is 46.1. The molecule has 5 rings (SSSR count). The van der Waals surface area contributed by atoms with Crippen molar-refractivity contribution in [2.45, 2.75) is 198 Å². The molecule has 1 aromatic carbocycles. The van der Waals surface area contributed by atoms with Gasteiger partial charge in [-0.1, -0.05) is 38.1 Å². The van der Waals surface area contributed by atoms with E-state index in [0.717, 1.165) is 5.56 Å². The summed E-state index contributed by atoms with van der Waals surface area (Å²) in [6.45, 7) is 18.0. The van der Waals surface area contributed by atoms with Gasteiger partial charge in [-0.3, -0.25) is 14.9 Å². The molecule has 0 bridgehead atoms. The summed E-state index contributed by atoms with van der Waals surface area (Å²) in [7, 11) is 7.03. The number of benzene rings is 1. The normalized spacial score (nSPS) is 39.3. The molecular formula is C49H81N7O15. The summed E-state index contributed by atoms with van der Waals surface area (Å²) in [5, 5.41) is 70.0. The van der Waals surface area contributed by atoms with Crippen LogP contribution < -0.4 is 5.32 Å². The van der Waals surface area contributed by atoms with E-state index in [9.17, 15) is 40.1 Å². The van der Waals surface area contributed by atoms with Crippen molar-refractivity contribution in [3.05, 3.63) is 51.8 Å². The average Bonchev–Trinajstić information content (AvgIpc) is 3.75. The van der Waals surface area contributed by atoms with Gasteiger partial charge in [-0.05, 0) is 100 Å². The molecule has 0 aliphatic carbocycles. The largest absolute Gasteiger partial charge is 0.459 e. The predicted molar refractivity (Wildman–Crippen MR) is 258 cm³/mol. The number of alkyl carbamates (subject to hydrolysis) is 1. The summed E-state index contributed by atoms with van der Waals surface area (Å²) in [4.78, 5) is 42.3. The fourth-order valence-corrected chi connectivity index (χ4v) is 10.7. The number of hydrogen-bond acceptors (Lipinski definition) is 19. The maximum Gasteiger partial charge on any atom is 0.407 e. The van der Waals surface area contributed by atoms with E-state index in [1.54, 1.807) is 66.8 Å². The zero-order valence-electron chi connectivity index (χ0n) is 44.0. The van der Waals surface area contributed by atoms with Crippen LogP contribution in [0.4, 0.5) is 10.5 Å². The Morgan fingerprint density at radius 3 is 2.28 bits per heavy atom. The van der Waals surface area contributed by atoms with E-state index in [2.05, 4.69) is 15.6 Å². The second-order valence-corrected chi connectivity index (χ2v) is 21.2. The highest BCUT2D eigenvalue weighted by atomic mass is 16.7. The molecule has 0 spiro atoms. The molecule has 5 N–H and O–H groups in total. The molecule has 1 aromatic heterocycles. The molecule has 0 radical (unpaired) electrons. The number of esters is 1. The van der Waals surface area contributed by atoms with Crippen molar-refractivity contribution in [1.82, 2.24) is 30.1 Å². The fourth-order valence-electron chi connectivity index (χ4n) is 10.7. The number of nitro groups is 1. The summed E-state index contributed by atoms with van der Waals surface area (Å²) in [5.41, 5.74) is -3.55. The molecule has 22 nitrogen and oxygen atoms in total. The van der Waals surface area contributed by atoms with E-state index in [4.69, 9.17) is 33.2 Å². The molecule has 3 aliphatic heterocycles. The quantitative estimate of drug-likeness (QED) is 0.109. The van der Waals surface area contributed by atoms with Gasteiger partial charge in [0.25, 0.3) is 5.69 Å².